The molecule has 0 aliphatic carbocycles. The second-order valence-corrected chi connectivity index (χ2v) is 8.35. The Labute approximate surface area is 208 Å². The predicted octanol–water partition coefficient (Wildman–Crippen LogP) is 5.10. The molecule has 0 amide bonds. The molecule has 33 heavy (non-hydrogen) atoms. The van der Waals surface area contributed by atoms with Gasteiger partial charge in [0.1, 0.15) is 22.8 Å². The third kappa shape index (κ3) is 5.94. The van der Waals surface area contributed by atoms with E-state index in [1.807, 2.05) is 0 Å². The van der Waals surface area contributed by atoms with E-state index in [4.69, 9.17) is 30.9 Å². The molecule has 4 rings (SSSR count). The molecule has 0 atom stereocenters. The third-order valence-electron chi connectivity index (χ3n) is 4.01. The van der Waals surface area contributed by atoms with Crippen LogP contribution in [0.15, 0.2) is 33.2 Å². The number of nitrogens with zero attached hydrogens (tertiary/aromatic N) is 4. The molecule has 0 radical (unpaired) electrons. The molecule has 0 spiro atoms. The van der Waals surface area contributed by atoms with Crippen LogP contribution in [0.3, 0.4) is 0 Å². The lowest BCUT2D eigenvalue weighted by molar-refractivity contribution is 0.196. The fourth-order valence-electron chi connectivity index (χ4n) is 2.65. The number of fused-ring (bicyclic) bond motifs is 2. The summed E-state index contributed by atoms with van der Waals surface area (Å²) in [5.74, 6) is -0.804. The molecule has 0 bridgehead atoms. The first-order valence-electron chi connectivity index (χ1n) is 9.08. The zero-order valence-corrected chi connectivity index (χ0v) is 21.0. The maximum absolute atomic E-state index is 13.8. The minimum atomic E-state index is -0.506. The van der Waals surface area contributed by atoms with Crippen molar-refractivity contribution in [1.82, 2.24) is 19.9 Å². The zero-order chi connectivity index (χ0) is 24.1. The fraction of sp³-hybridized carbons (Fsp3) is 0.200. The van der Waals surface area contributed by atoms with E-state index >= 15 is 0 Å². The van der Waals surface area contributed by atoms with E-state index < -0.39 is 11.6 Å². The van der Waals surface area contributed by atoms with Gasteiger partial charge < -0.3 is 19.3 Å². The summed E-state index contributed by atoms with van der Waals surface area (Å²) in [6.07, 6.45) is 0. The Balaban J connectivity index is 0.000000189. The first-order valence-corrected chi connectivity index (χ1v) is 11.0. The lowest BCUT2D eigenvalue weighted by Gasteiger charge is -2.09. The summed E-state index contributed by atoms with van der Waals surface area (Å²) in [6, 6.07) is 5.96. The molecule has 2 aromatic carbocycles. The molecule has 4 aromatic rings. The highest BCUT2D eigenvalue weighted by molar-refractivity contribution is 9.10. The number of benzene rings is 2. The van der Waals surface area contributed by atoms with Crippen LogP contribution in [0.5, 0.6) is 17.9 Å². The van der Waals surface area contributed by atoms with Gasteiger partial charge in [-0.1, -0.05) is 43.5 Å². The average molecular weight is 609 g/mol. The normalized spacial score (nSPS) is 10.7. The zero-order valence-electron chi connectivity index (χ0n) is 17.1. The topological polar surface area (TPSA) is 99.5 Å². The maximum Gasteiger partial charge on any atom is 0.320 e. The molecule has 2 aromatic heterocycles. The predicted molar refractivity (Wildman–Crippen MR) is 125 cm³/mol. The first-order chi connectivity index (χ1) is 15.8. The first kappa shape index (κ1) is 25.2. The smallest absolute Gasteiger partial charge is 0.320 e. The minimum Gasteiger partial charge on any atom is -0.475 e. The molecule has 1 N–H and O–H groups in total. The van der Waals surface area contributed by atoms with Gasteiger partial charge in [-0.2, -0.15) is 19.9 Å². The molecule has 0 aliphatic heterocycles. The van der Waals surface area contributed by atoms with Crippen LogP contribution >= 0.6 is 43.5 Å². The van der Waals surface area contributed by atoms with Gasteiger partial charge in [-0.3, -0.25) is 0 Å². The van der Waals surface area contributed by atoms with Crippen molar-refractivity contribution in [3.05, 3.63) is 50.0 Å². The summed E-state index contributed by atoms with van der Waals surface area (Å²) < 4.78 is 43.4. The van der Waals surface area contributed by atoms with Crippen LogP contribution in [0.2, 0.25) is 5.15 Å². The van der Waals surface area contributed by atoms with Gasteiger partial charge in [-0.25, -0.2) is 8.78 Å². The monoisotopic (exact) mass is 606 g/mol. The number of hydrogen-bond donors (Lipinski definition) is 1. The van der Waals surface area contributed by atoms with Gasteiger partial charge in [0.15, 0.2) is 11.6 Å². The van der Waals surface area contributed by atoms with E-state index in [1.54, 1.807) is 12.1 Å². The molecular formula is C20H15Br2ClF2N4O4. The van der Waals surface area contributed by atoms with Crippen molar-refractivity contribution in [3.63, 3.8) is 0 Å². The molecule has 0 saturated carbocycles. The number of rotatable bonds is 5. The summed E-state index contributed by atoms with van der Waals surface area (Å²) in [7, 11) is 2.78. The minimum absolute atomic E-state index is 0.0108. The highest BCUT2D eigenvalue weighted by Crippen LogP contribution is 2.30. The Morgan fingerprint density at radius 3 is 1.91 bits per heavy atom. The number of ether oxygens (including phenoxy) is 3. The summed E-state index contributed by atoms with van der Waals surface area (Å²) in [5, 5.41) is 9.78. The van der Waals surface area contributed by atoms with E-state index in [2.05, 4.69) is 51.8 Å². The molecule has 13 heteroatoms. The Hall–Kier alpha value is -2.41. The van der Waals surface area contributed by atoms with Crippen LogP contribution in [0.1, 0.15) is 0 Å². The van der Waals surface area contributed by atoms with Gasteiger partial charge in [-0.15, -0.1) is 0 Å². The Morgan fingerprint density at radius 2 is 1.36 bits per heavy atom. The second kappa shape index (κ2) is 11.1. The molecule has 0 aliphatic rings. The van der Waals surface area contributed by atoms with Gasteiger partial charge in [0.25, 0.3) is 0 Å². The van der Waals surface area contributed by atoms with Crippen LogP contribution in [-0.4, -0.2) is 52.5 Å². The average Bonchev–Trinajstić information content (AvgIpc) is 2.78. The van der Waals surface area contributed by atoms with E-state index in [1.165, 1.54) is 26.4 Å². The highest BCUT2D eigenvalue weighted by atomic mass is 79.9. The van der Waals surface area contributed by atoms with Gasteiger partial charge in [0.05, 0.1) is 26.2 Å². The Morgan fingerprint density at radius 1 is 0.848 bits per heavy atom. The van der Waals surface area contributed by atoms with Gasteiger partial charge in [0.2, 0.25) is 5.88 Å². The van der Waals surface area contributed by atoms with Crippen LogP contribution in [-0.2, 0) is 0 Å². The molecule has 0 saturated heterocycles. The molecule has 0 fully saturated rings. The van der Waals surface area contributed by atoms with E-state index in [0.717, 1.165) is 0 Å². The van der Waals surface area contributed by atoms with Crippen LogP contribution in [0.4, 0.5) is 8.78 Å². The van der Waals surface area contributed by atoms with Crippen LogP contribution in [0.25, 0.3) is 21.8 Å². The maximum atomic E-state index is 13.8. The van der Waals surface area contributed by atoms with Gasteiger partial charge in [-0.05, 0) is 24.3 Å². The van der Waals surface area contributed by atoms with E-state index in [0.29, 0.717) is 19.7 Å². The van der Waals surface area contributed by atoms with Crippen molar-refractivity contribution in [2.45, 2.75) is 0 Å². The van der Waals surface area contributed by atoms with E-state index in [9.17, 15) is 8.78 Å². The van der Waals surface area contributed by atoms with Crippen molar-refractivity contribution in [2.75, 3.05) is 27.4 Å². The van der Waals surface area contributed by atoms with Crippen molar-refractivity contribution in [1.29, 1.82) is 0 Å². The highest BCUT2D eigenvalue weighted by Gasteiger charge is 2.14. The number of methoxy groups -OCH3 is 2. The van der Waals surface area contributed by atoms with Crippen molar-refractivity contribution < 1.29 is 28.1 Å². The number of aliphatic hydroxyl groups excluding tert-OH is 1. The van der Waals surface area contributed by atoms with Crippen LogP contribution in [0, 0.1) is 11.6 Å². The SMILES string of the molecule is COc1nc(Cl)c2cc(Br)cc(F)c2n1.COc1nc(OCCO)c2cc(Br)cc(F)c2n1. The number of aliphatic hydroxyl groups is 1. The van der Waals surface area contributed by atoms with Crippen molar-refractivity contribution in [3.8, 4) is 17.9 Å². The van der Waals surface area contributed by atoms with E-state index in [-0.39, 0.29) is 47.3 Å². The third-order valence-corrected chi connectivity index (χ3v) is 5.21. The molecule has 8 nitrogen and oxygen atoms in total. The quantitative estimate of drug-likeness (QED) is 0.313. The summed E-state index contributed by atoms with van der Waals surface area (Å²) in [5.41, 5.74) is 0.257. The molecule has 174 valence electrons. The summed E-state index contributed by atoms with van der Waals surface area (Å²) in [6.45, 7) is -0.103. The largest absolute Gasteiger partial charge is 0.475 e. The number of hydrogen-bond acceptors (Lipinski definition) is 8. The lowest BCUT2D eigenvalue weighted by atomic mass is 10.2. The summed E-state index contributed by atoms with van der Waals surface area (Å²) in [4.78, 5) is 15.6. The number of halogens is 5. The Kier molecular flexibility index (Phi) is 8.51. The van der Waals surface area contributed by atoms with Gasteiger partial charge in [0, 0.05) is 14.3 Å². The molecule has 0 unspecified atom stereocenters. The molecule has 2 heterocycles. The van der Waals surface area contributed by atoms with Crippen LogP contribution < -0.4 is 14.2 Å². The molecular weight excluding hydrogens is 594 g/mol. The lowest BCUT2D eigenvalue weighted by Crippen LogP contribution is -2.05. The van der Waals surface area contributed by atoms with Crippen molar-refractivity contribution in [2.24, 2.45) is 0 Å². The second-order valence-electron chi connectivity index (χ2n) is 6.16. The number of aromatic nitrogens is 4. The van der Waals surface area contributed by atoms with Gasteiger partial charge >= 0.3 is 12.0 Å². The van der Waals surface area contributed by atoms with Crippen molar-refractivity contribution >= 4 is 65.3 Å². The summed E-state index contributed by atoms with van der Waals surface area (Å²) >= 11 is 12.2. The Bertz CT molecular complexity index is 1320. The fourth-order valence-corrected chi connectivity index (χ4v) is 3.72. The standard InChI is InChI=1S/C11H10BrFN2O3.C9H5BrClFN2O/c1-17-11-14-9-7(4-6(12)5-8(9)13)10(15-11)18-3-2-16;1-15-9-13-7-5(8(11)14-9)2-4(10)3-6(7)12/h4-5,16H,2-3H2,1H3;2-3H,1H3.